The van der Waals surface area contributed by atoms with Gasteiger partial charge in [-0.1, -0.05) is 23.7 Å². The average molecular weight is 659 g/mol. The van der Waals surface area contributed by atoms with Gasteiger partial charge in [0.15, 0.2) is 0 Å². The summed E-state index contributed by atoms with van der Waals surface area (Å²) in [7, 11) is 3.00. The number of carbonyl (C=O) groups excluding carboxylic acids is 2. The number of esters is 1. The van der Waals surface area contributed by atoms with Crippen molar-refractivity contribution in [2.24, 2.45) is 0 Å². The van der Waals surface area contributed by atoms with E-state index in [-0.39, 0.29) is 45.6 Å². The fraction of sp³-hybridized carbons (Fsp3) is 0.394. The predicted molar refractivity (Wildman–Crippen MR) is 166 cm³/mol. The minimum absolute atomic E-state index is 0.0123. The molecule has 0 bridgehead atoms. The molecule has 1 atom stereocenters. The van der Waals surface area contributed by atoms with Crippen LogP contribution in [-0.4, -0.2) is 67.3 Å². The van der Waals surface area contributed by atoms with Crippen molar-refractivity contribution in [2.75, 3.05) is 38.8 Å². The van der Waals surface area contributed by atoms with Gasteiger partial charge in [0.2, 0.25) is 0 Å². The second-order valence-electron chi connectivity index (χ2n) is 11.7. The van der Waals surface area contributed by atoms with Crippen LogP contribution in [0.1, 0.15) is 55.2 Å². The molecule has 46 heavy (non-hydrogen) atoms. The molecule has 2 heterocycles. The highest BCUT2D eigenvalue weighted by atomic mass is 35.5. The van der Waals surface area contributed by atoms with Crippen LogP contribution in [0.4, 0.5) is 18.9 Å². The van der Waals surface area contributed by atoms with Gasteiger partial charge in [-0.15, -0.1) is 0 Å². The Hall–Kier alpha value is -4.34. The number of hydrogen-bond donors (Lipinski definition) is 0. The van der Waals surface area contributed by atoms with Crippen molar-refractivity contribution in [2.45, 2.75) is 51.4 Å². The van der Waals surface area contributed by atoms with E-state index in [1.54, 1.807) is 30.3 Å². The van der Waals surface area contributed by atoms with E-state index >= 15 is 0 Å². The number of hydrogen-bond acceptors (Lipinski definition) is 8. The Bertz CT molecular complexity index is 1650. The Kier molecular flexibility index (Phi) is 10.5. The smallest absolute Gasteiger partial charge is 0.433 e. The number of ether oxygens (including phenoxy) is 3. The number of nitriles is 1. The Morgan fingerprint density at radius 2 is 1.85 bits per heavy atom. The summed E-state index contributed by atoms with van der Waals surface area (Å²) < 4.78 is 57.1. The first-order chi connectivity index (χ1) is 21.6. The minimum atomic E-state index is -4.76. The van der Waals surface area contributed by atoms with Crippen LogP contribution in [0.15, 0.2) is 48.7 Å². The maximum absolute atomic E-state index is 14.0. The second-order valence-corrected chi connectivity index (χ2v) is 12.1. The predicted octanol–water partition coefficient (Wildman–Crippen LogP) is 6.76. The number of pyridine rings is 1. The number of anilines is 1. The summed E-state index contributed by atoms with van der Waals surface area (Å²) in [6, 6.07) is 11.6. The van der Waals surface area contributed by atoms with Crippen LogP contribution in [0.2, 0.25) is 5.02 Å². The lowest BCUT2D eigenvalue weighted by atomic mass is 9.98. The molecule has 0 saturated carbocycles. The van der Waals surface area contributed by atoms with Crippen LogP contribution >= 0.6 is 11.6 Å². The Morgan fingerprint density at radius 3 is 2.50 bits per heavy atom. The summed E-state index contributed by atoms with van der Waals surface area (Å²) in [6.45, 7) is 6.51. The number of rotatable bonds is 9. The molecule has 4 rings (SSSR count). The van der Waals surface area contributed by atoms with E-state index in [9.17, 15) is 28.0 Å². The first kappa shape index (κ1) is 34.5. The number of para-hydroxylation sites is 2. The van der Waals surface area contributed by atoms with E-state index < -0.39 is 29.4 Å². The summed E-state index contributed by atoms with van der Waals surface area (Å²) in [6.07, 6.45) is -2.40. The highest BCUT2D eigenvalue weighted by molar-refractivity contribution is 6.34. The molecule has 1 unspecified atom stereocenters. The Balaban J connectivity index is 1.70. The molecule has 0 aliphatic carbocycles. The molecular formula is C33H34ClF3N4O5. The van der Waals surface area contributed by atoms with Gasteiger partial charge in [-0.2, -0.15) is 18.4 Å². The van der Waals surface area contributed by atoms with E-state index in [4.69, 9.17) is 25.8 Å². The minimum Gasteiger partial charge on any atom is -0.495 e. The molecule has 1 saturated heterocycles. The van der Waals surface area contributed by atoms with Gasteiger partial charge in [-0.3, -0.25) is 19.5 Å². The molecule has 13 heteroatoms. The summed E-state index contributed by atoms with van der Waals surface area (Å²) in [5.74, 6) is -0.323. The van der Waals surface area contributed by atoms with Gasteiger partial charge in [0, 0.05) is 37.0 Å². The standard InChI is InChI=1S/C33H34ClF3N4O5/c1-32(2,3)46-31(43)26-10-8-12-41(26)13-14-45-28-17-24(34)21(23-19-39-29(33(35,36)37)15-20(23)18-38)16-22(28)30(42)40(4)25-9-6-7-11-27(25)44-5/h6-7,9,11,15-17,19,26H,8,10,12-14H2,1-5H3. The molecule has 2 aromatic carbocycles. The van der Waals surface area contributed by atoms with E-state index in [0.29, 0.717) is 37.0 Å². The van der Waals surface area contributed by atoms with Gasteiger partial charge in [0.1, 0.15) is 35.4 Å². The molecule has 1 aromatic heterocycles. The molecule has 1 fully saturated rings. The number of likely N-dealkylation sites (tertiary alicyclic amines) is 1. The number of carbonyl (C=O) groups is 2. The fourth-order valence-corrected chi connectivity index (χ4v) is 5.42. The van der Waals surface area contributed by atoms with E-state index in [1.807, 2.05) is 25.7 Å². The van der Waals surface area contributed by atoms with Gasteiger partial charge in [0.05, 0.1) is 35.0 Å². The molecule has 1 aliphatic heterocycles. The number of nitrogens with zero attached hydrogens (tertiary/aromatic N) is 4. The molecule has 0 N–H and O–H groups in total. The molecule has 0 spiro atoms. The maximum atomic E-state index is 14.0. The van der Waals surface area contributed by atoms with Gasteiger partial charge in [0.25, 0.3) is 5.91 Å². The highest BCUT2D eigenvalue weighted by Crippen LogP contribution is 2.39. The van der Waals surface area contributed by atoms with Crippen LogP contribution < -0.4 is 14.4 Å². The monoisotopic (exact) mass is 658 g/mol. The van der Waals surface area contributed by atoms with Crippen molar-refractivity contribution in [1.29, 1.82) is 5.26 Å². The first-order valence-electron chi connectivity index (χ1n) is 14.5. The number of amides is 1. The van der Waals surface area contributed by atoms with Gasteiger partial charge < -0.3 is 19.1 Å². The Morgan fingerprint density at radius 1 is 1.13 bits per heavy atom. The molecule has 0 radical (unpaired) electrons. The topological polar surface area (TPSA) is 105 Å². The zero-order valence-corrected chi connectivity index (χ0v) is 26.8. The SMILES string of the molecule is COc1ccccc1N(C)C(=O)c1cc(-c2cnc(C(F)(F)F)cc2C#N)c(Cl)cc1OCCN1CCCC1C(=O)OC(C)(C)C. The number of methoxy groups -OCH3 is 1. The van der Waals surface area contributed by atoms with Crippen LogP contribution in [0.3, 0.4) is 0 Å². The zero-order valence-electron chi connectivity index (χ0n) is 26.1. The zero-order chi connectivity index (χ0) is 33.8. The third-order valence-corrected chi connectivity index (χ3v) is 7.65. The van der Waals surface area contributed by atoms with Crippen LogP contribution in [-0.2, 0) is 15.7 Å². The van der Waals surface area contributed by atoms with Crippen LogP contribution in [0.25, 0.3) is 11.1 Å². The fourth-order valence-electron chi connectivity index (χ4n) is 5.17. The van der Waals surface area contributed by atoms with E-state index in [0.717, 1.165) is 12.6 Å². The van der Waals surface area contributed by atoms with Crippen molar-refractivity contribution >= 4 is 29.2 Å². The van der Waals surface area contributed by atoms with Crippen LogP contribution in [0, 0.1) is 11.3 Å². The molecule has 244 valence electrons. The molecular weight excluding hydrogens is 625 g/mol. The third-order valence-electron chi connectivity index (χ3n) is 7.33. The highest BCUT2D eigenvalue weighted by Gasteiger charge is 2.35. The van der Waals surface area contributed by atoms with E-state index in [2.05, 4.69) is 4.98 Å². The summed E-state index contributed by atoms with van der Waals surface area (Å²) in [4.78, 5) is 33.6. The van der Waals surface area contributed by atoms with Gasteiger partial charge in [-0.05, 0) is 64.4 Å². The molecule has 1 amide bonds. The Labute approximate surface area is 270 Å². The van der Waals surface area contributed by atoms with Crippen molar-refractivity contribution in [3.05, 3.63) is 70.5 Å². The number of alkyl halides is 3. The van der Waals surface area contributed by atoms with Crippen molar-refractivity contribution < 1.29 is 37.0 Å². The number of aromatic nitrogens is 1. The first-order valence-corrected chi connectivity index (χ1v) is 14.8. The van der Waals surface area contributed by atoms with Crippen molar-refractivity contribution in [1.82, 2.24) is 9.88 Å². The lowest BCUT2D eigenvalue weighted by molar-refractivity contribution is -0.160. The third kappa shape index (κ3) is 7.89. The van der Waals surface area contributed by atoms with Crippen LogP contribution in [0.5, 0.6) is 11.5 Å². The summed E-state index contributed by atoms with van der Waals surface area (Å²) in [5.41, 5.74) is -1.58. The van der Waals surface area contributed by atoms with Gasteiger partial charge in [-0.25, -0.2) is 0 Å². The van der Waals surface area contributed by atoms with Crippen molar-refractivity contribution in [3.63, 3.8) is 0 Å². The molecule has 9 nitrogen and oxygen atoms in total. The summed E-state index contributed by atoms with van der Waals surface area (Å²) >= 11 is 6.62. The molecule has 3 aromatic rings. The second kappa shape index (κ2) is 14.0. The largest absolute Gasteiger partial charge is 0.495 e. The normalized spacial score (nSPS) is 15.3. The maximum Gasteiger partial charge on any atom is 0.433 e. The number of benzene rings is 2. The lowest BCUT2D eigenvalue weighted by Gasteiger charge is -2.27. The molecule has 1 aliphatic rings. The quantitative estimate of drug-likeness (QED) is 0.232. The van der Waals surface area contributed by atoms with Gasteiger partial charge >= 0.3 is 12.1 Å². The van der Waals surface area contributed by atoms with Crippen molar-refractivity contribution in [3.8, 4) is 28.7 Å². The lowest BCUT2D eigenvalue weighted by Crippen LogP contribution is -2.42. The van der Waals surface area contributed by atoms with E-state index in [1.165, 1.54) is 31.2 Å². The summed E-state index contributed by atoms with van der Waals surface area (Å²) in [5, 5.41) is 9.72. The number of halogens is 4. The average Bonchev–Trinajstić information content (AvgIpc) is 3.48.